The van der Waals surface area contributed by atoms with Crippen molar-refractivity contribution in [3.05, 3.63) is 36.5 Å². The largest absolute Gasteiger partial charge is 0.756 e. The molecular weight excluding hydrogens is 789 g/mol. The summed E-state index contributed by atoms with van der Waals surface area (Å²) < 4.78 is 33.7. The highest BCUT2D eigenvalue weighted by molar-refractivity contribution is 7.45. The molecule has 0 aromatic carbocycles. The Morgan fingerprint density at radius 2 is 1.37 bits per heavy atom. The maximum atomic E-state index is 12.9. The SMILES string of the molecule is CCCCC/C=C\C/C=C\CCCCCCCC(=O)OC[C@H](COP(=O)([O-])OCC[N+](C)(C)C)OC(=O)CCCCC(=O)C[C@@H]1[C@@H](/C=C/[C@@H](O)CCCCC)[C@H](O)C[C@@H]1O. The number of rotatable bonds is 37. The van der Waals surface area contributed by atoms with Gasteiger partial charge in [0, 0.05) is 43.9 Å². The van der Waals surface area contributed by atoms with Gasteiger partial charge < -0.3 is 43.2 Å². The van der Waals surface area contributed by atoms with E-state index in [9.17, 15) is 39.2 Å². The molecule has 0 spiro atoms. The molecule has 1 rings (SSSR count). The summed E-state index contributed by atoms with van der Waals surface area (Å²) in [5.41, 5.74) is 0. The molecule has 0 bridgehead atoms. The smallest absolute Gasteiger partial charge is 0.306 e. The Kier molecular flexibility index (Phi) is 31.0. The number of phosphoric ester groups is 1. The second kappa shape index (κ2) is 33.4. The number of allylic oxidation sites excluding steroid dienone is 4. The maximum absolute atomic E-state index is 12.9. The summed E-state index contributed by atoms with van der Waals surface area (Å²) in [5.74, 6) is -2.17. The average molecular weight is 872 g/mol. The molecule has 1 aliphatic carbocycles. The highest BCUT2D eigenvalue weighted by Gasteiger charge is 2.41. The van der Waals surface area contributed by atoms with Crippen LogP contribution < -0.4 is 4.89 Å². The molecule has 13 nitrogen and oxygen atoms in total. The molecule has 0 aromatic rings. The summed E-state index contributed by atoms with van der Waals surface area (Å²) in [6.45, 7) is 3.63. The number of quaternary nitrogens is 1. The summed E-state index contributed by atoms with van der Waals surface area (Å²) >= 11 is 0. The van der Waals surface area contributed by atoms with E-state index >= 15 is 0 Å². The van der Waals surface area contributed by atoms with E-state index in [1.807, 2.05) is 21.1 Å². The molecule has 348 valence electrons. The topological polar surface area (TPSA) is 189 Å². The number of aliphatic hydroxyl groups excluding tert-OH is 3. The molecule has 1 saturated carbocycles. The Hall–Kier alpha value is -2.22. The number of unbranched alkanes of at least 4 members (excludes halogenated alkanes) is 11. The number of esters is 2. The summed E-state index contributed by atoms with van der Waals surface area (Å²) in [7, 11) is 0.925. The van der Waals surface area contributed by atoms with Crippen molar-refractivity contribution in [3.8, 4) is 0 Å². The fraction of sp³-hybridized carbons (Fsp3) is 0.804. The van der Waals surface area contributed by atoms with Gasteiger partial charge in [0.1, 0.15) is 25.5 Å². The number of phosphoric acid groups is 1. The number of hydrogen-bond acceptors (Lipinski definition) is 12. The van der Waals surface area contributed by atoms with Crippen molar-refractivity contribution in [2.75, 3.05) is 47.5 Å². The van der Waals surface area contributed by atoms with E-state index in [1.165, 1.54) is 19.3 Å². The predicted octanol–water partition coefficient (Wildman–Crippen LogP) is 7.84. The summed E-state index contributed by atoms with van der Waals surface area (Å²) in [6.07, 6.45) is 25.1. The van der Waals surface area contributed by atoms with Crippen LogP contribution in [0.3, 0.4) is 0 Å². The molecule has 0 aliphatic heterocycles. The van der Waals surface area contributed by atoms with Gasteiger partial charge in [-0.3, -0.25) is 18.9 Å². The molecular formula is C46H82NO12P. The van der Waals surface area contributed by atoms with E-state index in [1.54, 1.807) is 12.2 Å². The molecule has 0 aromatic heterocycles. The van der Waals surface area contributed by atoms with Crippen molar-refractivity contribution < 1.29 is 62.2 Å². The zero-order chi connectivity index (χ0) is 44.7. The van der Waals surface area contributed by atoms with Gasteiger partial charge in [-0.05, 0) is 57.8 Å². The number of carbonyl (C=O) groups excluding carboxylic acids is 3. The lowest BCUT2D eigenvalue weighted by Gasteiger charge is -2.28. The van der Waals surface area contributed by atoms with E-state index in [2.05, 4.69) is 38.2 Å². The van der Waals surface area contributed by atoms with Gasteiger partial charge in [-0.15, -0.1) is 0 Å². The van der Waals surface area contributed by atoms with E-state index in [0.717, 1.165) is 64.2 Å². The zero-order valence-corrected chi connectivity index (χ0v) is 38.6. The van der Waals surface area contributed by atoms with Crippen molar-refractivity contribution in [2.45, 2.75) is 180 Å². The highest BCUT2D eigenvalue weighted by atomic mass is 31.2. The van der Waals surface area contributed by atoms with Gasteiger partial charge in [0.2, 0.25) is 0 Å². The highest BCUT2D eigenvalue weighted by Crippen LogP contribution is 2.39. The minimum atomic E-state index is -4.73. The third kappa shape index (κ3) is 29.9. The van der Waals surface area contributed by atoms with Crippen molar-refractivity contribution in [2.24, 2.45) is 11.8 Å². The van der Waals surface area contributed by atoms with Gasteiger partial charge in [-0.25, -0.2) is 0 Å². The van der Waals surface area contributed by atoms with E-state index in [-0.39, 0.29) is 51.1 Å². The number of Topliss-reactive ketones (excluding diaryl/α,β-unsaturated/α-hetero) is 1. The summed E-state index contributed by atoms with van der Waals surface area (Å²) in [5, 5.41) is 31.4. The second-order valence-corrected chi connectivity index (χ2v) is 18.8. The molecule has 1 fully saturated rings. The molecule has 1 unspecified atom stereocenters. The molecule has 3 N–H and O–H groups in total. The van der Waals surface area contributed by atoms with Crippen molar-refractivity contribution in [1.29, 1.82) is 0 Å². The fourth-order valence-corrected chi connectivity index (χ4v) is 7.64. The molecule has 0 radical (unpaired) electrons. The van der Waals surface area contributed by atoms with Gasteiger partial charge in [-0.1, -0.05) is 102 Å². The molecule has 0 heterocycles. The van der Waals surface area contributed by atoms with Gasteiger partial charge in [-0.2, -0.15) is 0 Å². The first kappa shape index (κ1) is 55.8. The average Bonchev–Trinajstić information content (AvgIpc) is 3.44. The van der Waals surface area contributed by atoms with Crippen molar-refractivity contribution >= 4 is 25.5 Å². The minimum absolute atomic E-state index is 0.0647. The molecule has 0 saturated heterocycles. The van der Waals surface area contributed by atoms with Crippen molar-refractivity contribution in [3.63, 3.8) is 0 Å². The number of nitrogens with zero attached hydrogens (tertiary/aromatic N) is 1. The first-order valence-corrected chi connectivity index (χ1v) is 24.3. The molecule has 0 amide bonds. The number of aliphatic hydroxyl groups is 3. The monoisotopic (exact) mass is 872 g/mol. The maximum Gasteiger partial charge on any atom is 0.306 e. The van der Waals surface area contributed by atoms with Crippen LogP contribution in [-0.2, 0) is 37.5 Å². The Morgan fingerprint density at radius 3 is 2.05 bits per heavy atom. The van der Waals surface area contributed by atoms with E-state index in [4.69, 9.17) is 18.5 Å². The van der Waals surface area contributed by atoms with Crippen LogP contribution in [0.1, 0.15) is 155 Å². The first-order valence-electron chi connectivity index (χ1n) is 22.9. The van der Waals surface area contributed by atoms with Gasteiger partial charge in [0.25, 0.3) is 7.82 Å². The van der Waals surface area contributed by atoms with Crippen LogP contribution in [0.4, 0.5) is 0 Å². The lowest BCUT2D eigenvalue weighted by atomic mass is 9.87. The van der Waals surface area contributed by atoms with Gasteiger partial charge >= 0.3 is 11.9 Å². The first-order chi connectivity index (χ1) is 28.6. The minimum Gasteiger partial charge on any atom is -0.756 e. The lowest BCUT2D eigenvalue weighted by Crippen LogP contribution is -2.37. The fourth-order valence-electron chi connectivity index (χ4n) is 6.91. The summed E-state index contributed by atoms with van der Waals surface area (Å²) in [6, 6.07) is 0. The Balaban J connectivity index is 2.54. The van der Waals surface area contributed by atoms with Crippen molar-refractivity contribution in [1.82, 2.24) is 0 Å². The Bertz CT molecular complexity index is 1300. The zero-order valence-electron chi connectivity index (χ0n) is 37.7. The van der Waals surface area contributed by atoms with Crippen LogP contribution in [0.2, 0.25) is 0 Å². The second-order valence-electron chi connectivity index (χ2n) is 17.4. The number of hydrogen-bond donors (Lipinski definition) is 3. The van der Waals surface area contributed by atoms with E-state index in [0.29, 0.717) is 36.7 Å². The number of ether oxygens (including phenoxy) is 2. The lowest BCUT2D eigenvalue weighted by molar-refractivity contribution is -0.870. The summed E-state index contributed by atoms with van der Waals surface area (Å²) in [4.78, 5) is 50.7. The quantitative estimate of drug-likeness (QED) is 0.0181. The van der Waals surface area contributed by atoms with Gasteiger partial charge in [0.15, 0.2) is 6.10 Å². The number of likely N-dealkylation sites (N-methyl/N-ethyl adjacent to an activating group) is 1. The standard InChI is InChI=1S/C46H82NO12P/c1-6-8-10-11-12-13-14-15-16-17-18-19-20-21-23-28-45(52)56-36-40(37-58-60(54,55)57-33-32-47(3,4)5)59-46(53)29-25-24-27-39(49)34-42-41(43(50)35-44(42)51)31-30-38(48)26-22-9-7-2/h12-13,15-16,30-31,38,40-44,48,50-51H,6-11,14,17-29,32-37H2,1-5H3/b13-12-,16-15-,31-30+/t38-,40+,41+,42+,43+,44-/m0/s1. The number of carbonyl (C=O) groups is 3. The van der Waals surface area contributed by atoms with Gasteiger partial charge in [0.05, 0.1) is 46.1 Å². The third-order valence-electron chi connectivity index (χ3n) is 10.6. The molecule has 7 atom stereocenters. The molecule has 60 heavy (non-hydrogen) atoms. The molecule has 14 heteroatoms. The van der Waals surface area contributed by atoms with Crippen LogP contribution in [0.5, 0.6) is 0 Å². The molecule has 1 aliphatic rings. The Morgan fingerprint density at radius 1 is 0.767 bits per heavy atom. The Labute approximate surface area is 362 Å². The van der Waals surface area contributed by atoms with Crippen LogP contribution >= 0.6 is 7.82 Å². The van der Waals surface area contributed by atoms with Crippen LogP contribution in [0, 0.1) is 11.8 Å². The van der Waals surface area contributed by atoms with Crippen LogP contribution in [0.15, 0.2) is 36.5 Å². The normalized spacial score (nSPS) is 20.6. The predicted molar refractivity (Wildman–Crippen MR) is 234 cm³/mol. The number of ketones is 1. The van der Waals surface area contributed by atoms with Crippen LogP contribution in [0.25, 0.3) is 0 Å². The third-order valence-corrected chi connectivity index (χ3v) is 11.6. The van der Waals surface area contributed by atoms with Crippen LogP contribution in [-0.4, -0.2) is 109 Å². The van der Waals surface area contributed by atoms with E-state index < -0.39 is 62.6 Å².